The van der Waals surface area contributed by atoms with Crippen LogP contribution in [0.4, 0.5) is 15.9 Å². The number of nitrogens with zero attached hydrogens (tertiary/aromatic N) is 2. The molecular formula is C35H39FN4O3S. The standard InChI is InChI=1S/C35H39FN4O3S/c1-34(2,3)26-5-4-6-27(18-26)35(15-16-35)40-31-21-44(42,43)20-25(33(31)41)17-23-7-13-29(14-8-23)39-32-19-30(37-22-38-32)24-9-11-28(36)12-10-24/h4-14,18-19,22,25,31,33,40-41H,15-17,20-21H2,1-3H3,(H,37,38,39)/t25-,31+,33+/m1/s1. The number of rotatable bonds is 8. The number of anilines is 2. The number of aliphatic hydroxyl groups is 1. The molecule has 0 bridgehead atoms. The molecule has 1 saturated heterocycles. The molecule has 2 aliphatic rings. The first-order valence-electron chi connectivity index (χ1n) is 15.1. The van der Waals surface area contributed by atoms with Crippen LogP contribution in [0.15, 0.2) is 85.2 Å². The molecule has 0 amide bonds. The summed E-state index contributed by atoms with van der Waals surface area (Å²) in [6, 6.07) is 23.6. The fourth-order valence-electron chi connectivity index (χ4n) is 6.16. The lowest BCUT2D eigenvalue weighted by molar-refractivity contribution is 0.0720. The number of aliphatic hydroxyl groups excluding tert-OH is 1. The van der Waals surface area contributed by atoms with E-state index in [4.69, 9.17) is 0 Å². The normalized spacial score (nSPS) is 22.3. The van der Waals surface area contributed by atoms with Gasteiger partial charge >= 0.3 is 0 Å². The van der Waals surface area contributed by atoms with Crippen molar-refractivity contribution in [2.45, 2.75) is 63.1 Å². The summed E-state index contributed by atoms with van der Waals surface area (Å²) in [5, 5.41) is 18.3. The third-order valence-electron chi connectivity index (χ3n) is 8.82. The third-order valence-corrected chi connectivity index (χ3v) is 10.6. The van der Waals surface area contributed by atoms with Crippen molar-refractivity contribution in [2.75, 3.05) is 16.8 Å². The van der Waals surface area contributed by atoms with Gasteiger partial charge in [0.25, 0.3) is 0 Å². The van der Waals surface area contributed by atoms with E-state index in [9.17, 15) is 17.9 Å². The van der Waals surface area contributed by atoms with Crippen LogP contribution in [0.2, 0.25) is 0 Å². The Morgan fingerprint density at radius 3 is 2.36 bits per heavy atom. The average Bonchev–Trinajstić information content (AvgIpc) is 3.77. The lowest BCUT2D eigenvalue weighted by Crippen LogP contribution is -2.57. The maximum atomic E-state index is 13.3. The van der Waals surface area contributed by atoms with Crippen molar-refractivity contribution in [3.8, 4) is 11.3 Å². The Morgan fingerprint density at radius 2 is 1.68 bits per heavy atom. The molecule has 3 atom stereocenters. The summed E-state index contributed by atoms with van der Waals surface area (Å²) >= 11 is 0. The molecule has 1 aliphatic heterocycles. The van der Waals surface area contributed by atoms with E-state index in [1.54, 1.807) is 18.2 Å². The Balaban J connectivity index is 1.13. The second-order valence-corrected chi connectivity index (χ2v) is 15.5. The molecular weight excluding hydrogens is 575 g/mol. The maximum Gasteiger partial charge on any atom is 0.152 e. The van der Waals surface area contributed by atoms with Crippen molar-refractivity contribution < 1.29 is 17.9 Å². The van der Waals surface area contributed by atoms with E-state index >= 15 is 0 Å². The smallest absolute Gasteiger partial charge is 0.152 e. The monoisotopic (exact) mass is 614 g/mol. The molecule has 0 radical (unpaired) electrons. The van der Waals surface area contributed by atoms with Crippen LogP contribution < -0.4 is 10.6 Å². The molecule has 1 saturated carbocycles. The summed E-state index contributed by atoms with van der Waals surface area (Å²) in [4.78, 5) is 8.59. The van der Waals surface area contributed by atoms with Gasteiger partial charge in [0.05, 0.1) is 23.3 Å². The van der Waals surface area contributed by atoms with Gasteiger partial charge in [-0.3, -0.25) is 0 Å². The molecule has 2 fully saturated rings. The first kappa shape index (κ1) is 30.4. The number of nitrogens with one attached hydrogen (secondary N) is 2. The second kappa shape index (κ2) is 11.7. The summed E-state index contributed by atoms with van der Waals surface area (Å²) in [6.07, 6.45) is 2.96. The van der Waals surface area contributed by atoms with Gasteiger partial charge in [-0.1, -0.05) is 57.2 Å². The summed E-state index contributed by atoms with van der Waals surface area (Å²) in [7, 11) is -3.34. The second-order valence-electron chi connectivity index (χ2n) is 13.3. The molecule has 230 valence electrons. The molecule has 0 spiro atoms. The number of hydrogen-bond acceptors (Lipinski definition) is 7. The summed E-state index contributed by atoms with van der Waals surface area (Å²) < 4.78 is 39.4. The van der Waals surface area contributed by atoms with E-state index in [1.165, 1.54) is 24.0 Å². The molecule has 9 heteroatoms. The van der Waals surface area contributed by atoms with E-state index in [2.05, 4.69) is 65.6 Å². The van der Waals surface area contributed by atoms with Gasteiger partial charge in [0.2, 0.25) is 0 Å². The Hall–Kier alpha value is -3.66. The minimum absolute atomic E-state index is 0.0116. The number of aromatic nitrogens is 2. The molecule has 44 heavy (non-hydrogen) atoms. The molecule has 1 aromatic heterocycles. The van der Waals surface area contributed by atoms with E-state index < -0.39 is 27.9 Å². The third kappa shape index (κ3) is 6.85. The van der Waals surface area contributed by atoms with Crippen molar-refractivity contribution in [3.63, 3.8) is 0 Å². The molecule has 1 aliphatic carbocycles. The van der Waals surface area contributed by atoms with Crippen LogP contribution in [0, 0.1) is 11.7 Å². The van der Waals surface area contributed by atoms with Gasteiger partial charge < -0.3 is 15.7 Å². The molecule has 6 rings (SSSR count). The highest BCUT2D eigenvalue weighted by Gasteiger charge is 2.49. The SMILES string of the molecule is CC(C)(C)c1cccc(C2(N[C@H]3CS(=O)(=O)C[C@@H](Cc4ccc(Nc5cc(-c6ccc(F)cc6)ncn5)cc4)[C@@H]3O)CC2)c1. The fraction of sp³-hybridized carbons (Fsp3) is 0.371. The van der Waals surface area contributed by atoms with E-state index in [1.807, 2.05) is 24.3 Å². The van der Waals surface area contributed by atoms with Gasteiger partial charge in [-0.15, -0.1) is 0 Å². The van der Waals surface area contributed by atoms with Crippen molar-refractivity contribution in [1.82, 2.24) is 15.3 Å². The zero-order valence-electron chi connectivity index (χ0n) is 25.3. The molecule has 4 aromatic rings. The highest BCUT2D eigenvalue weighted by Crippen LogP contribution is 2.47. The molecule has 3 aromatic carbocycles. The largest absolute Gasteiger partial charge is 0.391 e. The zero-order chi connectivity index (χ0) is 31.1. The zero-order valence-corrected chi connectivity index (χ0v) is 26.1. The van der Waals surface area contributed by atoms with Crippen LogP contribution in [0.5, 0.6) is 0 Å². The van der Waals surface area contributed by atoms with Crippen LogP contribution >= 0.6 is 0 Å². The number of hydrogen-bond donors (Lipinski definition) is 3. The van der Waals surface area contributed by atoms with Crippen LogP contribution in [0.25, 0.3) is 11.3 Å². The Labute approximate surface area is 258 Å². The molecule has 0 unspecified atom stereocenters. The lowest BCUT2D eigenvalue weighted by Gasteiger charge is -2.38. The Morgan fingerprint density at radius 1 is 0.955 bits per heavy atom. The van der Waals surface area contributed by atoms with Gasteiger partial charge in [-0.05, 0) is 77.8 Å². The van der Waals surface area contributed by atoms with Gasteiger partial charge in [0.1, 0.15) is 18.0 Å². The van der Waals surface area contributed by atoms with Crippen LogP contribution in [0.1, 0.15) is 50.3 Å². The summed E-state index contributed by atoms with van der Waals surface area (Å²) in [5.74, 6) is -0.224. The number of benzene rings is 3. The van der Waals surface area contributed by atoms with Gasteiger partial charge in [0, 0.05) is 34.8 Å². The van der Waals surface area contributed by atoms with E-state index in [0.717, 1.165) is 35.2 Å². The molecule has 7 nitrogen and oxygen atoms in total. The predicted molar refractivity (Wildman–Crippen MR) is 172 cm³/mol. The van der Waals surface area contributed by atoms with Crippen molar-refractivity contribution >= 4 is 21.3 Å². The topological polar surface area (TPSA) is 104 Å². The van der Waals surface area contributed by atoms with Crippen LogP contribution in [0.3, 0.4) is 0 Å². The van der Waals surface area contributed by atoms with E-state index in [-0.39, 0.29) is 28.3 Å². The van der Waals surface area contributed by atoms with E-state index in [0.29, 0.717) is 17.9 Å². The minimum atomic E-state index is -3.34. The summed E-state index contributed by atoms with van der Waals surface area (Å²) in [6.45, 7) is 6.56. The average molecular weight is 615 g/mol. The van der Waals surface area contributed by atoms with Gasteiger partial charge in [0.15, 0.2) is 9.84 Å². The lowest BCUT2D eigenvalue weighted by atomic mass is 9.85. The first-order valence-corrected chi connectivity index (χ1v) is 16.9. The fourth-order valence-corrected chi connectivity index (χ4v) is 8.09. The highest BCUT2D eigenvalue weighted by molar-refractivity contribution is 7.91. The number of halogens is 1. The minimum Gasteiger partial charge on any atom is -0.391 e. The van der Waals surface area contributed by atoms with Crippen molar-refractivity contribution in [3.05, 3.63) is 108 Å². The van der Waals surface area contributed by atoms with Crippen molar-refractivity contribution in [1.29, 1.82) is 0 Å². The quantitative estimate of drug-likeness (QED) is 0.226. The van der Waals surface area contributed by atoms with Crippen molar-refractivity contribution in [2.24, 2.45) is 5.92 Å². The van der Waals surface area contributed by atoms with Gasteiger partial charge in [-0.25, -0.2) is 22.8 Å². The first-order chi connectivity index (χ1) is 20.9. The highest BCUT2D eigenvalue weighted by atomic mass is 32.2. The van der Waals surface area contributed by atoms with Gasteiger partial charge in [-0.2, -0.15) is 0 Å². The molecule has 3 N–H and O–H groups in total. The predicted octanol–water partition coefficient (Wildman–Crippen LogP) is 5.92. The Bertz CT molecular complexity index is 1730. The summed E-state index contributed by atoms with van der Waals surface area (Å²) in [5.41, 5.74) is 5.33. The van der Waals surface area contributed by atoms with Crippen LogP contribution in [-0.4, -0.2) is 47.1 Å². The Kier molecular flexibility index (Phi) is 8.07. The maximum absolute atomic E-state index is 13.3. The molecule has 2 heterocycles. The van der Waals surface area contributed by atoms with Crippen LogP contribution in [-0.2, 0) is 27.2 Å². The number of sulfone groups is 1.